The number of hydrogen-bond acceptors (Lipinski definition) is 5. The van der Waals surface area contributed by atoms with Crippen LogP contribution >= 0.6 is 11.6 Å². The number of amides is 1. The van der Waals surface area contributed by atoms with Gasteiger partial charge in [-0.2, -0.15) is 4.98 Å². The standard InChI is InChI=1S/C20H18ClN3O3/c1-2-26-17-8-6-16(7-9-17)24-12-14(11-18(24)25)19-22-20(27-23-19)13-4-3-5-15(21)10-13/h3-10,14H,2,11-12H2,1H3. The Morgan fingerprint density at radius 2 is 2.07 bits per heavy atom. The molecule has 0 radical (unpaired) electrons. The number of aromatic nitrogens is 2. The topological polar surface area (TPSA) is 68.5 Å². The van der Waals surface area contributed by atoms with Crippen molar-refractivity contribution in [2.24, 2.45) is 0 Å². The van der Waals surface area contributed by atoms with E-state index in [2.05, 4.69) is 10.1 Å². The average Bonchev–Trinajstić information content (AvgIpc) is 3.30. The van der Waals surface area contributed by atoms with Crippen molar-refractivity contribution >= 4 is 23.2 Å². The Morgan fingerprint density at radius 3 is 2.81 bits per heavy atom. The van der Waals surface area contributed by atoms with E-state index in [0.29, 0.717) is 36.3 Å². The lowest BCUT2D eigenvalue weighted by molar-refractivity contribution is -0.117. The number of anilines is 1. The third kappa shape index (κ3) is 3.66. The fourth-order valence-corrected chi connectivity index (χ4v) is 3.35. The number of benzene rings is 2. The van der Waals surface area contributed by atoms with Gasteiger partial charge in [0.2, 0.25) is 5.91 Å². The molecule has 1 aromatic heterocycles. The molecule has 0 saturated carbocycles. The molecule has 1 atom stereocenters. The molecule has 6 nitrogen and oxygen atoms in total. The maximum absolute atomic E-state index is 12.5. The summed E-state index contributed by atoms with van der Waals surface area (Å²) in [5.41, 5.74) is 1.60. The predicted molar refractivity (Wildman–Crippen MR) is 102 cm³/mol. The van der Waals surface area contributed by atoms with Crippen LogP contribution in [0.25, 0.3) is 11.5 Å². The molecule has 3 aromatic rings. The third-order valence-electron chi connectivity index (χ3n) is 4.46. The lowest BCUT2D eigenvalue weighted by Gasteiger charge is -2.16. The molecule has 1 unspecified atom stereocenters. The summed E-state index contributed by atoms with van der Waals surface area (Å²) >= 11 is 6.02. The lowest BCUT2D eigenvalue weighted by atomic mass is 10.1. The molecule has 27 heavy (non-hydrogen) atoms. The predicted octanol–water partition coefficient (Wildman–Crippen LogP) is 4.31. The first kappa shape index (κ1) is 17.5. The minimum Gasteiger partial charge on any atom is -0.494 e. The highest BCUT2D eigenvalue weighted by Crippen LogP contribution is 2.32. The Bertz CT molecular complexity index is 955. The SMILES string of the molecule is CCOc1ccc(N2CC(c3noc(-c4cccc(Cl)c4)n3)CC2=O)cc1. The second-order valence-corrected chi connectivity index (χ2v) is 6.74. The van der Waals surface area contributed by atoms with E-state index in [1.807, 2.05) is 43.3 Å². The number of carbonyl (C=O) groups is 1. The van der Waals surface area contributed by atoms with Crippen LogP contribution in [0.15, 0.2) is 53.1 Å². The Balaban J connectivity index is 1.51. The molecule has 0 aliphatic carbocycles. The molecule has 2 heterocycles. The summed E-state index contributed by atoms with van der Waals surface area (Å²) in [5, 5.41) is 4.68. The number of nitrogens with zero attached hydrogens (tertiary/aromatic N) is 3. The Kier molecular flexibility index (Phi) is 4.81. The van der Waals surface area contributed by atoms with Crippen LogP contribution in [0.1, 0.15) is 25.1 Å². The first-order chi connectivity index (χ1) is 13.1. The summed E-state index contributed by atoms with van der Waals surface area (Å²) in [7, 11) is 0. The zero-order chi connectivity index (χ0) is 18.8. The van der Waals surface area contributed by atoms with E-state index in [4.69, 9.17) is 20.9 Å². The van der Waals surface area contributed by atoms with E-state index in [-0.39, 0.29) is 11.8 Å². The molecule has 4 rings (SSSR count). The number of hydrogen-bond donors (Lipinski definition) is 0. The summed E-state index contributed by atoms with van der Waals surface area (Å²) in [6.45, 7) is 3.06. The molecule has 1 aliphatic heterocycles. The second-order valence-electron chi connectivity index (χ2n) is 6.30. The van der Waals surface area contributed by atoms with Crippen LogP contribution in [0.4, 0.5) is 5.69 Å². The van der Waals surface area contributed by atoms with Gasteiger partial charge in [0.15, 0.2) is 5.82 Å². The molecule has 7 heteroatoms. The van der Waals surface area contributed by atoms with Gasteiger partial charge in [-0.05, 0) is 49.4 Å². The lowest BCUT2D eigenvalue weighted by Crippen LogP contribution is -2.24. The number of carbonyl (C=O) groups excluding carboxylic acids is 1. The molecule has 1 fully saturated rings. The summed E-state index contributed by atoms with van der Waals surface area (Å²) < 4.78 is 10.8. The molecule has 0 N–H and O–H groups in total. The minimum absolute atomic E-state index is 0.0401. The van der Waals surface area contributed by atoms with Crippen LogP contribution in [0, 0.1) is 0 Å². The van der Waals surface area contributed by atoms with Crippen molar-refractivity contribution in [2.75, 3.05) is 18.1 Å². The van der Waals surface area contributed by atoms with Crippen LogP contribution in [0.5, 0.6) is 5.75 Å². The molecule has 1 amide bonds. The van der Waals surface area contributed by atoms with Crippen LogP contribution < -0.4 is 9.64 Å². The van der Waals surface area contributed by atoms with E-state index in [0.717, 1.165) is 17.0 Å². The maximum Gasteiger partial charge on any atom is 0.257 e. The van der Waals surface area contributed by atoms with Gasteiger partial charge >= 0.3 is 0 Å². The highest BCUT2D eigenvalue weighted by atomic mass is 35.5. The van der Waals surface area contributed by atoms with Crippen molar-refractivity contribution in [1.29, 1.82) is 0 Å². The Hall–Kier alpha value is -2.86. The van der Waals surface area contributed by atoms with Gasteiger partial charge in [-0.25, -0.2) is 0 Å². The second kappa shape index (κ2) is 7.40. The smallest absolute Gasteiger partial charge is 0.257 e. The molecular formula is C20H18ClN3O3. The van der Waals surface area contributed by atoms with Gasteiger partial charge in [0.1, 0.15) is 5.75 Å². The van der Waals surface area contributed by atoms with Crippen molar-refractivity contribution in [1.82, 2.24) is 10.1 Å². The largest absolute Gasteiger partial charge is 0.494 e. The third-order valence-corrected chi connectivity index (χ3v) is 4.70. The average molecular weight is 384 g/mol. The molecule has 0 bridgehead atoms. The van der Waals surface area contributed by atoms with E-state index >= 15 is 0 Å². The van der Waals surface area contributed by atoms with E-state index in [1.54, 1.807) is 17.0 Å². The van der Waals surface area contributed by atoms with Gasteiger partial charge in [0, 0.05) is 35.2 Å². The van der Waals surface area contributed by atoms with Crippen LogP contribution in [-0.4, -0.2) is 29.2 Å². The summed E-state index contributed by atoms with van der Waals surface area (Å²) in [5.74, 6) is 1.65. The van der Waals surface area contributed by atoms with Gasteiger partial charge in [0.25, 0.3) is 5.89 Å². The maximum atomic E-state index is 12.5. The molecule has 1 saturated heterocycles. The first-order valence-corrected chi connectivity index (χ1v) is 9.14. The van der Waals surface area contributed by atoms with E-state index < -0.39 is 0 Å². The molecular weight excluding hydrogens is 366 g/mol. The van der Waals surface area contributed by atoms with E-state index in [1.165, 1.54) is 0 Å². The summed E-state index contributed by atoms with van der Waals surface area (Å²) in [6, 6.07) is 14.7. The first-order valence-electron chi connectivity index (χ1n) is 8.77. The van der Waals surface area contributed by atoms with Crippen molar-refractivity contribution in [3.8, 4) is 17.2 Å². The van der Waals surface area contributed by atoms with Crippen LogP contribution in [-0.2, 0) is 4.79 Å². The van der Waals surface area contributed by atoms with Crippen molar-refractivity contribution in [3.63, 3.8) is 0 Å². The number of halogens is 1. The van der Waals surface area contributed by atoms with Crippen LogP contribution in [0.2, 0.25) is 5.02 Å². The van der Waals surface area contributed by atoms with Crippen molar-refractivity contribution < 1.29 is 14.1 Å². The Labute approximate surface area is 161 Å². The highest BCUT2D eigenvalue weighted by Gasteiger charge is 2.34. The highest BCUT2D eigenvalue weighted by molar-refractivity contribution is 6.30. The zero-order valence-electron chi connectivity index (χ0n) is 14.8. The number of ether oxygens (including phenoxy) is 1. The van der Waals surface area contributed by atoms with Gasteiger partial charge in [-0.15, -0.1) is 0 Å². The van der Waals surface area contributed by atoms with Gasteiger partial charge in [-0.1, -0.05) is 22.8 Å². The quantitative estimate of drug-likeness (QED) is 0.656. The van der Waals surface area contributed by atoms with E-state index in [9.17, 15) is 4.79 Å². The van der Waals surface area contributed by atoms with Crippen LogP contribution in [0.3, 0.4) is 0 Å². The monoisotopic (exact) mass is 383 g/mol. The van der Waals surface area contributed by atoms with Gasteiger partial charge in [0.05, 0.1) is 6.61 Å². The van der Waals surface area contributed by atoms with Gasteiger partial charge < -0.3 is 14.2 Å². The molecule has 0 spiro atoms. The number of rotatable bonds is 5. The zero-order valence-corrected chi connectivity index (χ0v) is 15.5. The fourth-order valence-electron chi connectivity index (χ4n) is 3.16. The fraction of sp³-hybridized carbons (Fsp3) is 0.250. The van der Waals surface area contributed by atoms with Crippen molar-refractivity contribution in [2.45, 2.75) is 19.3 Å². The Morgan fingerprint density at radius 1 is 1.26 bits per heavy atom. The molecule has 2 aromatic carbocycles. The van der Waals surface area contributed by atoms with Crippen molar-refractivity contribution in [3.05, 3.63) is 59.4 Å². The van der Waals surface area contributed by atoms with Gasteiger partial charge in [-0.3, -0.25) is 4.79 Å². The molecule has 138 valence electrons. The minimum atomic E-state index is -0.110. The normalized spacial score (nSPS) is 16.7. The summed E-state index contributed by atoms with van der Waals surface area (Å²) in [4.78, 5) is 18.7. The molecule has 1 aliphatic rings. The summed E-state index contributed by atoms with van der Waals surface area (Å²) in [6.07, 6.45) is 0.349.